The molecule has 122 valence electrons. The lowest BCUT2D eigenvalue weighted by Crippen LogP contribution is -2.24. The molecule has 1 saturated heterocycles. The standard InChI is InChI=1S/C18H17N3O3/c1-2-12-5-7-14(8-6-12)21-11-13(10-16(21)22)17-19-18(24-20-17)15-4-3-9-23-15/h3-9,13H,2,10-11H2,1H3/t13-/m0/s1. The van der Waals surface area contributed by atoms with Gasteiger partial charge in [0.1, 0.15) is 0 Å². The third kappa shape index (κ3) is 2.60. The molecular formula is C18H17N3O3. The van der Waals surface area contributed by atoms with Crippen molar-refractivity contribution >= 4 is 11.6 Å². The molecule has 24 heavy (non-hydrogen) atoms. The smallest absolute Gasteiger partial charge is 0.293 e. The number of amides is 1. The van der Waals surface area contributed by atoms with Gasteiger partial charge in [0, 0.05) is 24.6 Å². The fourth-order valence-corrected chi connectivity index (χ4v) is 2.94. The molecule has 1 amide bonds. The van der Waals surface area contributed by atoms with Gasteiger partial charge in [-0.3, -0.25) is 4.79 Å². The van der Waals surface area contributed by atoms with Crippen LogP contribution in [0.25, 0.3) is 11.7 Å². The van der Waals surface area contributed by atoms with Crippen molar-refractivity contribution in [1.82, 2.24) is 10.1 Å². The number of carbonyl (C=O) groups is 1. The average molecular weight is 323 g/mol. The third-order valence-electron chi connectivity index (χ3n) is 4.32. The number of nitrogens with zero attached hydrogens (tertiary/aromatic N) is 3. The summed E-state index contributed by atoms with van der Waals surface area (Å²) in [5.41, 5.74) is 2.16. The topological polar surface area (TPSA) is 72.4 Å². The highest BCUT2D eigenvalue weighted by molar-refractivity contribution is 5.96. The number of benzene rings is 1. The number of hydrogen-bond donors (Lipinski definition) is 0. The van der Waals surface area contributed by atoms with Gasteiger partial charge in [0.25, 0.3) is 5.89 Å². The fraction of sp³-hybridized carbons (Fsp3) is 0.278. The van der Waals surface area contributed by atoms with Gasteiger partial charge in [0.2, 0.25) is 5.91 Å². The number of aromatic nitrogens is 2. The first-order chi connectivity index (χ1) is 11.7. The number of hydrogen-bond acceptors (Lipinski definition) is 5. The Bertz CT molecular complexity index is 837. The number of rotatable bonds is 4. The first-order valence-corrected chi connectivity index (χ1v) is 8.01. The number of furan rings is 1. The van der Waals surface area contributed by atoms with Crippen LogP contribution in [-0.2, 0) is 11.2 Å². The summed E-state index contributed by atoms with van der Waals surface area (Å²) in [7, 11) is 0. The van der Waals surface area contributed by atoms with Crippen molar-refractivity contribution in [2.24, 2.45) is 0 Å². The number of anilines is 1. The van der Waals surface area contributed by atoms with Gasteiger partial charge in [0.15, 0.2) is 11.6 Å². The zero-order valence-corrected chi connectivity index (χ0v) is 13.3. The van der Waals surface area contributed by atoms with Crippen LogP contribution in [0.2, 0.25) is 0 Å². The molecule has 1 aromatic carbocycles. The van der Waals surface area contributed by atoms with Crippen molar-refractivity contribution in [2.45, 2.75) is 25.7 Å². The van der Waals surface area contributed by atoms with Crippen molar-refractivity contribution in [1.29, 1.82) is 0 Å². The van der Waals surface area contributed by atoms with Gasteiger partial charge >= 0.3 is 0 Å². The van der Waals surface area contributed by atoms with Gasteiger partial charge < -0.3 is 13.8 Å². The van der Waals surface area contributed by atoms with Crippen LogP contribution in [0, 0.1) is 0 Å². The van der Waals surface area contributed by atoms with E-state index in [4.69, 9.17) is 8.94 Å². The van der Waals surface area contributed by atoms with E-state index in [2.05, 4.69) is 29.2 Å². The Balaban J connectivity index is 1.53. The van der Waals surface area contributed by atoms with E-state index in [0.717, 1.165) is 12.1 Å². The van der Waals surface area contributed by atoms with E-state index >= 15 is 0 Å². The molecule has 0 aliphatic carbocycles. The van der Waals surface area contributed by atoms with Crippen molar-refractivity contribution in [3.8, 4) is 11.7 Å². The maximum absolute atomic E-state index is 12.4. The highest BCUT2D eigenvalue weighted by atomic mass is 16.5. The molecule has 6 nitrogen and oxygen atoms in total. The summed E-state index contributed by atoms with van der Waals surface area (Å²) in [6, 6.07) is 11.6. The second-order valence-electron chi connectivity index (χ2n) is 5.86. The highest BCUT2D eigenvalue weighted by Gasteiger charge is 2.34. The minimum atomic E-state index is -0.0733. The van der Waals surface area contributed by atoms with Gasteiger partial charge in [-0.1, -0.05) is 24.2 Å². The fourth-order valence-electron chi connectivity index (χ4n) is 2.94. The molecule has 2 aromatic heterocycles. The molecule has 3 aromatic rings. The Kier molecular flexibility index (Phi) is 3.65. The number of aryl methyl sites for hydroxylation is 1. The van der Waals surface area contributed by atoms with E-state index in [9.17, 15) is 4.79 Å². The lowest BCUT2D eigenvalue weighted by atomic mass is 10.1. The van der Waals surface area contributed by atoms with Crippen molar-refractivity contribution in [3.63, 3.8) is 0 Å². The SMILES string of the molecule is CCc1ccc(N2C[C@@H](c3noc(-c4ccco4)n3)CC2=O)cc1. The van der Waals surface area contributed by atoms with Crippen molar-refractivity contribution < 1.29 is 13.7 Å². The molecule has 1 aliphatic rings. The van der Waals surface area contributed by atoms with Gasteiger partial charge in [0.05, 0.1) is 6.26 Å². The van der Waals surface area contributed by atoms with E-state index in [1.165, 1.54) is 5.56 Å². The summed E-state index contributed by atoms with van der Waals surface area (Å²) >= 11 is 0. The minimum Gasteiger partial charge on any atom is -0.459 e. The molecule has 6 heteroatoms. The molecule has 0 unspecified atom stereocenters. The minimum absolute atomic E-state index is 0.0733. The van der Waals surface area contributed by atoms with Crippen LogP contribution in [0.15, 0.2) is 51.6 Å². The van der Waals surface area contributed by atoms with Crippen LogP contribution in [0.3, 0.4) is 0 Å². The normalized spacial score (nSPS) is 17.6. The first kappa shape index (κ1) is 14.7. The molecule has 0 saturated carbocycles. The quantitative estimate of drug-likeness (QED) is 0.735. The van der Waals surface area contributed by atoms with Crippen LogP contribution in [-0.4, -0.2) is 22.6 Å². The molecule has 1 aliphatic heterocycles. The zero-order chi connectivity index (χ0) is 16.5. The van der Waals surface area contributed by atoms with Gasteiger partial charge in [-0.05, 0) is 36.2 Å². The van der Waals surface area contributed by atoms with E-state index in [-0.39, 0.29) is 11.8 Å². The average Bonchev–Trinajstić information content (AvgIpc) is 3.34. The Labute approximate surface area is 139 Å². The Hall–Kier alpha value is -2.89. The monoisotopic (exact) mass is 323 g/mol. The molecule has 4 rings (SSSR count). The van der Waals surface area contributed by atoms with Crippen LogP contribution >= 0.6 is 0 Å². The Morgan fingerprint density at radius 1 is 1.25 bits per heavy atom. The summed E-state index contributed by atoms with van der Waals surface area (Å²) in [6.45, 7) is 2.67. The van der Waals surface area contributed by atoms with E-state index < -0.39 is 0 Å². The second kappa shape index (κ2) is 5.96. The van der Waals surface area contributed by atoms with E-state index in [1.54, 1.807) is 23.3 Å². The van der Waals surface area contributed by atoms with Gasteiger partial charge in [-0.25, -0.2) is 0 Å². The van der Waals surface area contributed by atoms with Gasteiger partial charge in [-0.15, -0.1) is 0 Å². The van der Waals surface area contributed by atoms with Crippen LogP contribution in [0.5, 0.6) is 0 Å². The molecular weight excluding hydrogens is 306 g/mol. The first-order valence-electron chi connectivity index (χ1n) is 8.01. The summed E-state index contributed by atoms with van der Waals surface area (Å²) < 4.78 is 10.5. The Morgan fingerprint density at radius 3 is 2.79 bits per heavy atom. The lowest BCUT2D eigenvalue weighted by molar-refractivity contribution is -0.117. The number of carbonyl (C=O) groups excluding carboxylic acids is 1. The van der Waals surface area contributed by atoms with Gasteiger partial charge in [-0.2, -0.15) is 4.98 Å². The largest absolute Gasteiger partial charge is 0.459 e. The van der Waals surface area contributed by atoms with E-state index in [0.29, 0.717) is 30.4 Å². The predicted molar refractivity (Wildman–Crippen MR) is 87.5 cm³/mol. The van der Waals surface area contributed by atoms with Crippen LogP contribution < -0.4 is 4.90 Å². The maximum atomic E-state index is 12.4. The Morgan fingerprint density at radius 2 is 2.08 bits per heavy atom. The molecule has 0 bridgehead atoms. The second-order valence-corrected chi connectivity index (χ2v) is 5.86. The molecule has 3 heterocycles. The summed E-state index contributed by atoms with van der Waals surface area (Å²) in [4.78, 5) is 18.5. The molecule has 1 atom stereocenters. The van der Waals surface area contributed by atoms with Crippen LogP contribution in [0.1, 0.15) is 30.7 Å². The van der Waals surface area contributed by atoms with Crippen molar-refractivity contribution in [2.75, 3.05) is 11.4 Å². The van der Waals surface area contributed by atoms with Crippen molar-refractivity contribution in [3.05, 3.63) is 54.0 Å². The molecule has 0 radical (unpaired) electrons. The lowest BCUT2D eigenvalue weighted by Gasteiger charge is -2.16. The molecule has 0 N–H and O–H groups in total. The van der Waals surface area contributed by atoms with Crippen LogP contribution in [0.4, 0.5) is 5.69 Å². The van der Waals surface area contributed by atoms with E-state index in [1.807, 2.05) is 12.1 Å². The summed E-state index contributed by atoms with van der Waals surface area (Å²) in [5, 5.41) is 4.02. The molecule has 0 spiro atoms. The summed E-state index contributed by atoms with van der Waals surface area (Å²) in [5.74, 6) is 1.42. The molecule has 1 fully saturated rings. The maximum Gasteiger partial charge on any atom is 0.293 e. The third-order valence-corrected chi connectivity index (χ3v) is 4.32. The predicted octanol–water partition coefficient (Wildman–Crippen LogP) is 3.41. The summed E-state index contributed by atoms with van der Waals surface area (Å²) in [6.07, 6.45) is 2.92. The zero-order valence-electron chi connectivity index (χ0n) is 13.3. The highest BCUT2D eigenvalue weighted by Crippen LogP contribution is 2.31.